The van der Waals surface area contributed by atoms with Crippen LogP contribution < -0.4 is 39.4 Å². The summed E-state index contributed by atoms with van der Waals surface area (Å²) in [4.78, 5) is 29.0. The van der Waals surface area contributed by atoms with Crippen molar-refractivity contribution in [1.82, 2.24) is 14.9 Å². The van der Waals surface area contributed by atoms with Crippen LogP contribution in [0, 0.1) is 0 Å². The maximum atomic E-state index is 14.2. The molecule has 2 N–H and O–H groups in total. The number of nitrogens with one attached hydrogen (secondary N) is 2. The fourth-order valence-corrected chi connectivity index (χ4v) is 5.57. The molecule has 14 heteroatoms. The Labute approximate surface area is 277 Å². The van der Waals surface area contributed by atoms with Crippen molar-refractivity contribution in [2.24, 2.45) is 0 Å². The van der Waals surface area contributed by atoms with Gasteiger partial charge in [0.25, 0.3) is 0 Å². The molecule has 5 rings (SSSR count). The standard InChI is InChI=1S/C32H35Cl2N7O5/c1-39-12-14-40(15-13-39)21-8-6-20(7-9-21)37-27-18-28(36-19-35-27)41(23-11-10-22(43-2)16-24(23)44-3)32(42)38-31-29(33)25(45-4)17-26(46-5)30(31)34/h6-11,16-19H,12-15H2,1-5H3,(H,38,42)(H,35,36,37). The van der Waals surface area contributed by atoms with Gasteiger partial charge in [0.2, 0.25) is 0 Å². The lowest BCUT2D eigenvalue weighted by Gasteiger charge is -2.34. The van der Waals surface area contributed by atoms with Crippen molar-refractivity contribution in [2.75, 3.05) is 82.1 Å². The van der Waals surface area contributed by atoms with Crippen LogP contribution in [0.5, 0.6) is 23.0 Å². The van der Waals surface area contributed by atoms with Crippen molar-refractivity contribution in [3.8, 4) is 23.0 Å². The highest BCUT2D eigenvalue weighted by atomic mass is 35.5. The first-order valence-corrected chi connectivity index (χ1v) is 15.1. The van der Waals surface area contributed by atoms with Gasteiger partial charge in [-0.1, -0.05) is 23.2 Å². The molecule has 3 aromatic carbocycles. The van der Waals surface area contributed by atoms with E-state index in [9.17, 15) is 4.79 Å². The number of aromatic nitrogens is 2. The van der Waals surface area contributed by atoms with E-state index in [0.29, 0.717) is 23.0 Å². The highest BCUT2D eigenvalue weighted by Crippen LogP contribution is 2.45. The van der Waals surface area contributed by atoms with Crippen LogP contribution in [0.3, 0.4) is 0 Å². The summed E-state index contributed by atoms with van der Waals surface area (Å²) in [5, 5.41) is 6.29. The van der Waals surface area contributed by atoms with Crippen LogP contribution in [0.1, 0.15) is 0 Å². The van der Waals surface area contributed by atoms with Crippen LogP contribution in [-0.2, 0) is 0 Å². The number of halogens is 2. The lowest BCUT2D eigenvalue weighted by Crippen LogP contribution is -2.44. The highest BCUT2D eigenvalue weighted by molar-refractivity contribution is 6.41. The van der Waals surface area contributed by atoms with Crippen LogP contribution in [0.15, 0.2) is 60.9 Å². The molecular weight excluding hydrogens is 633 g/mol. The molecule has 1 aliphatic heterocycles. The van der Waals surface area contributed by atoms with E-state index in [4.69, 9.17) is 42.1 Å². The Morgan fingerprint density at radius 1 is 0.804 bits per heavy atom. The number of carbonyl (C=O) groups excluding carboxylic acids is 1. The van der Waals surface area contributed by atoms with Crippen LogP contribution in [0.2, 0.25) is 10.0 Å². The molecule has 1 fully saturated rings. The van der Waals surface area contributed by atoms with E-state index in [-0.39, 0.29) is 33.0 Å². The molecule has 1 saturated heterocycles. The minimum atomic E-state index is -0.649. The van der Waals surface area contributed by atoms with Crippen molar-refractivity contribution in [2.45, 2.75) is 0 Å². The normalized spacial score (nSPS) is 13.2. The molecule has 2 amide bonds. The van der Waals surface area contributed by atoms with Gasteiger partial charge in [-0.05, 0) is 43.4 Å². The Hall–Kier alpha value is -4.65. The minimum absolute atomic E-state index is 0.0911. The molecule has 0 atom stereocenters. The van der Waals surface area contributed by atoms with Gasteiger partial charge in [-0.15, -0.1) is 0 Å². The van der Waals surface area contributed by atoms with Crippen molar-refractivity contribution in [3.63, 3.8) is 0 Å². The number of piperazine rings is 1. The summed E-state index contributed by atoms with van der Waals surface area (Å²) in [6.07, 6.45) is 1.36. The van der Waals surface area contributed by atoms with E-state index in [1.165, 1.54) is 38.6 Å². The number of rotatable bonds is 10. The van der Waals surface area contributed by atoms with E-state index in [1.54, 1.807) is 31.4 Å². The number of urea groups is 1. The summed E-state index contributed by atoms with van der Waals surface area (Å²) in [6, 6.07) is 15.7. The van der Waals surface area contributed by atoms with Gasteiger partial charge < -0.3 is 39.4 Å². The first-order chi connectivity index (χ1) is 22.3. The summed E-state index contributed by atoms with van der Waals surface area (Å²) in [5.41, 5.74) is 2.43. The SMILES string of the molecule is COc1ccc(N(C(=O)Nc2c(Cl)c(OC)cc(OC)c2Cl)c2cc(Nc3ccc(N4CCN(C)CC4)cc3)ncn2)c(OC)c1. The second-order valence-corrected chi connectivity index (χ2v) is 11.1. The second kappa shape index (κ2) is 14.6. The van der Waals surface area contributed by atoms with Gasteiger partial charge in [-0.3, -0.25) is 0 Å². The fourth-order valence-electron chi connectivity index (χ4n) is 4.97. The molecular formula is C32H35Cl2N7O5. The third-order valence-corrected chi connectivity index (χ3v) is 8.28. The van der Waals surface area contributed by atoms with E-state index >= 15 is 0 Å². The first-order valence-electron chi connectivity index (χ1n) is 14.3. The average Bonchev–Trinajstić information content (AvgIpc) is 3.08. The van der Waals surface area contributed by atoms with Gasteiger partial charge in [0.1, 0.15) is 51.0 Å². The molecule has 0 unspecified atom stereocenters. The zero-order valence-corrected chi connectivity index (χ0v) is 27.6. The quantitative estimate of drug-likeness (QED) is 0.190. The fraction of sp³-hybridized carbons (Fsp3) is 0.281. The number of likely N-dealkylation sites (N-methyl/N-ethyl adjacent to an activating group) is 1. The predicted octanol–water partition coefficient (Wildman–Crippen LogP) is 6.68. The summed E-state index contributed by atoms with van der Waals surface area (Å²) >= 11 is 13.2. The summed E-state index contributed by atoms with van der Waals surface area (Å²) in [7, 11) is 8.07. The Bertz CT molecular complexity index is 1660. The highest BCUT2D eigenvalue weighted by Gasteiger charge is 2.27. The topological polar surface area (TPSA) is 114 Å². The van der Waals surface area contributed by atoms with Gasteiger partial charge in [0.05, 0.1) is 39.8 Å². The van der Waals surface area contributed by atoms with E-state index in [1.807, 2.05) is 12.1 Å². The van der Waals surface area contributed by atoms with Crippen LogP contribution in [-0.4, -0.2) is 82.6 Å². The number of ether oxygens (including phenoxy) is 4. The third kappa shape index (κ3) is 7.09. The Balaban J connectivity index is 1.49. The number of nitrogens with zero attached hydrogens (tertiary/aromatic N) is 5. The summed E-state index contributed by atoms with van der Waals surface area (Å²) in [5.74, 6) is 2.10. The zero-order chi connectivity index (χ0) is 32.8. The molecule has 0 saturated carbocycles. The number of hydrogen-bond acceptors (Lipinski definition) is 10. The van der Waals surface area contributed by atoms with Gasteiger partial charge in [-0.25, -0.2) is 19.7 Å². The van der Waals surface area contributed by atoms with Crippen molar-refractivity contribution in [3.05, 3.63) is 71.0 Å². The molecule has 0 radical (unpaired) electrons. The van der Waals surface area contributed by atoms with Gasteiger partial charge >= 0.3 is 6.03 Å². The number of benzene rings is 3. The van der Waals surface area contributed by atoms with Gasteiger partial charge in [0.15, 0.2) is 0 Å². The molecule has 1 aliphatic rings. The molecule has 242 valence electrons. The van der Waals surface area contributed by atoms with Crippen molar-refractivity contribution >= 4 is 63.6 Å². The van der Waals surface area contributed by atoms with Crippen LogP contribution in [0.4, 0.5) is 39.2 Å². The second-order valence-electron chi connectivity index (χ2n) is 10.3. The Morgan fingerprint density at radius 3 is 2.07 bits per heavy atom. The number of amides is 2. The number of hydrogen-bond donors (Lipinski definition) is 2. The first kappa shape index (κ1) is 32.7. The monoisotopic (exact) mass is 667 g/mol. The molecule has 46 heavy (non-hydrogen) atoms. The minimum Gasteiger partial charge on any atom is -0.497 e. The third-order valence-electron chi connectivity index (χ3n) is 7.53. The molecule has 0 aliphatic carbocycles. The average molecular weight is 669 g/mol. The van der Waals surface area contributed by atoms with Crippen LogP contribution >= 0.6 is 23.2 Å². The maximum absolute atomic E-state index is 14.2. The number of methoxy groups -OCH3 is 4. The lowest BCUT2D eigenvalue weighted by molar-refractivity contribution is 0.258. The number of carbonyl (C=O) groups is 1. The lowest BCUT2D eigenvalue weighted by atomic mass is 10.2. The van der Waals surface area contributed by atoms with Crippen molar-refractivity contribution < 1.29 is 23.7 Å². The molecule has 12 nitrogen and oxygen atoms in total. The largest absolute Gasteiger partial charge is 0.497 e. The molecule has 4 aromatic rings. The van der Waals surface area contributed by atoms with E-state index in [0.717, 1.165) is 37.6 Å². The van der Waals surface area contributed by atoms with Crippen LogP contribution in [0.25, 0.3) is 0 Å². The van der Waals surface area contributed by atoms with Crippen molar-refractivity contribution in [1.29, 1.82) is 0 Å². The molecule has 0 spiro atoms. The molecule has 0 bridgehead atoms. The molecule has 2 heterocycles. The van der Waals surface area contributed by atoms with E-state index < -0.39 is 6.03 Å². The van der Waals surface area contributed by atoms with Gasteiger partial charge in [-0.2, -0.15) is 0 Å². The predicted molar refractivity (Wildman–Crippen MR) is 182 cm³/mol. The zero-order valence-electron chi connectivity index (χ0n) is 26.1. The Morgan fingerprint density at radius 2 is 1.46 bits per heavy atom. The maximum Gasteiger partial charge on any atom is 0.332 e. The number of anilines is 6. The summed E-state index contributed by atoms with van der Waals surface area (Å²) in [6.45, 7) is 4.00. The molecule has 1 aromatic heterocycles. The summed E-state index contributed by atoms with van der Waals surface area (Å²) < 4.78 is 21.8. The van der Waals surface area contributed by atoms with Gasteiger partial charge in [0, 0.05) is 55.8 Å². The van der Waals surface area contributed by atoms with E-state index in [2.05, 4.69) is 49.6 Å². The Kier molecular flexibility index (Phi) is 10.4. The smallest absolute Gasteiger partial charge is 0.332 e.